The molecule has 1 saturated heterocycles. The third-order valence-electron chi connectivity index (χ3n) is 7.60. The minimum atomic E-state index is -0.201. The number of carbonyl (C=O) groups is 2. The van der Waals surface area contributed by atoms with E-state index < -0.39 is 0 Å². The topological polar surface area (TPSA) is 73.8 Å². The molecule has 4 atom stereocenters. The van der Waals surface area contributed by atoms with Crippen molar-refractivity contribution in [1.82, 2.24) is 15.5 Å². The van der Waals surface area contributed by atoms with E-state index in [-0.39, 0.29) is 70.7 Å². The standard InChI is InChI=1S/C25H31FN4O2.HI/c1-2-27-24(29-15-25(10-11-25)18-6-3-4-7-19(18)26)28-12-5-13-30-22(31)20-16-8-9-17(14-16)21(20)23(30)32;/h3-4,6-9,16-17,20-21H,2,5,10-15H2,1H3,(H2,27,28,29);1H. The second-order valence-corrected chi connectivity index (χ2v) is 9.56. The maximum Gasteiger partial charge on any atom is 0.233 e. The van der Waals surface area contributed by atoms with E-state index in [1.165, 1.54) is 11.0 Å². The Labute approximate surface area is 211 Å². The number of rotatable bonds is 8. The Bertz CT molecular complexity index is 947. The lowest BCUT2D eigenvalue weighted by molar-refractivity contribution is -0.140. The molecule has 4 aliphatic rings. The lowest BCUT2D eigenvalue weighted by Crippen LogP contribution is -2.40. The Kier molecular flexibility index (Phi) is 7.12. The zero-order valence-corrected chi connectivity index (χ0v) is 21.3. The van der Waals surface area contributed by atoms with Gasteiger partial charge in [0.1, 0.15) is 5.82 Å². The highest BCUT2D eigenvalue weighted by Crippen LogP contribution is 2.52. The van der Waals surface area contributed by atoms with Gasteiger partial charge in [0.25, 0.3) is 0 Å². The van der Waals surface area contributed by atoms with E-state index in [2.05, 4.69) is 22.8 Å². The predicted molar refractivity (Wildman–Crippen MR) is 136 cm³/mol. The van der Waals surface area contributed by atoms with Crippen LogP contribution >= 0.6 is 24.0 Å². The molecule has 33 heavy (non-hydrogen) atoms. The zero-order chi connectivity index (χ0) is 22.3. The Morgan fingerprint density at radius 1 is 1.12 bits per heavy atom. The highest BCUT2D eigenvalue weighted by Gasteiger charge is 2.58. The molecule has 1 heterocycles. The summed E-state index contributed by atoms with van der Waals surface area (Å²) in [4.78, 5) is 31.8. The highest BCUT2D eigenvalue weighted by atomic mass is 127. The van der Waals surface area contributed by atoms with Crippen molar-refractivity contribution in [1.29, 1.82) is 0 Å². The number of guanidine groups is 1. The summed E-state index contributed by atoms with van der Waals surface area (Å²) >= 11 is 0. The molecule has 2 amide bonds. The first-order valence-electron chi connectivity index (χ1n) is 11.8. The number of benzene rings is 1. The number of nitrogens with one attached hydrogen (secondary N) is 2. The fourth-order valence-corrected chi connectivity index (χ4v) is 5.76. The van der Waals surface area contributed by atoms with Gasteiger partial charge in [-0.3, -0.25) is 19.5 Å². The van der Waals surface area contributed by atoms with Gasteiger partial charge in [0, 0.05) is 25.0 Å². The minimum Gasteiger partial charge on any atom is -0.357 e. The van der Waals surface area contributed by atoms with E-state index in [0.717, 1.165) is 31.4 Å². The number of nitrogens with zero attached hydrogens (tertiary/aromatic N) is 2. The largest absolute Gasteiger partial charge is 0.357 e. The molecule has 2 bridgehead atoms. The van der Waals surface area contributed by atoms with Crippen molar-refractivity contribution in [2.45, 2.75) is 38.0 Å². The Morgan fingerprint density at radius 2 is 1.79 bits per heavy atom. The van der Waals surface area contributed by atoms with Crippen LogP contribution in [-0.4, -0.2) is 48.9 Å². The van der Waals surface area contributed by atoms with E-state index in [1.807, 2.05) is 19.1 Å². The first-order valence-corrected chi connectivity index (χ1v) is 11.8. The molecule has 8 heteroatoms. The Morgan fingerprint density at radius 3 is 2.39 bits per heavy atom. The van der Waals surface area contributed by atoms with E-state index in [1.54, 1.807) is 6.07 Å². The van der Waals surface area contributed by atoms with Crippen LogP contribution in [0.2, 0.25) is 0 Å². The number of allylic oxidation sites excluding steroid dienone is 2. The number of amides is 2. The van der Waals surface area contributed by atoms with Gasteiger partial charge in [-0.25, -0.2) is 4.39 Å². The third kappa shape index (κ3) is 4.42. The second-order valence-electron chi connectivity index (χ2n) is 9.56. The lowest BCUT2D eigenvalue weighted by atomic mass is 9.85. The molecule has 0 radical (unpaired) electrons. The maximum atomic E-state index is 14.3. The van der Waals surface area contributed by atoms with E-state index in [4.69, 9.17) is 4.99 Å². The van der Waals surface area contributed by atoms with Crippen molar-refractivity contribution in [3.8, 4) is 0 Å². The first kappa shape index (κ1) is 24.2. The van der Waals surface area contributed by atoms with E-state index >= 15 is 0 Å². The number of halogens is 2. The second kappa shape index (κ2) is 9.72. The zero-order valence-electron chi connectivity index (χ0n) is 18.9. The number of hydrogen-bond acceptors (Lipinski definition) is 3. The molecule has 178 valence electrons. The van der Waals surface area contributed by atoms with Gasteiger partial charge in [0.05, 0.1) is 18.4 Å². The average Bonchev–Trinajstić information content (AvgIpc) is 3.16. The van der Waals surface area contributed by atoms with Gasteiger partial charge in [-0.05, 0) is 56.1 Å². The number of likely N-dealkylation sites (tertiary alicyclic amines) is 1. The van der Waals surface area contributed by atoms with Crippen molar-refractivity contribution in [3.63, 3.8) is 0 Å². The number of imide groups is 1. The molecule has 2 saturated carbocycles. The van der Waals surface area contributed by atoms with Crippen molar-refractivity contribution < 1.29 is 14.0 Å². The van der Waals surface area contributed by atoms with Gasteiger partial charge in [-0.15, -0.1) is 24.0 Å². The van der Waals surface area contributed by atoms with Gasteiger partial charge in [-0.2, -0.15) is 0 Å². The molecule has 4 unspecified atom stereocenters. The Hall–Kier alpha value is -1.97. The molecule has 0 spiro atoms. The van der Waals surface area contributed by atoms with Crippen LogP contribution in [0.4, 0.5) is 4.39 Å². The number of aliphatic imine (C=N–C) groups is 1. The molecule has 3 aliphatic carbocycles. The van der Waals surface area contributed by atoms with Crippen LogP contribution in [-0.2, 0) is 15.0 Å². The van der Waals surface area contributed by atoms with Crippen LogP contribution in [0.5, 0.6) is 0 Å². The van der Waals surface area contributed by atoms with Crippen LogP contribution in [0.1, 0.15) is 38.2 Å². The summed E-state index contributed by atoms with van der Waals surface area (Å²) in [5, 5.41) is 6.54. The number of hydrogen-bond donors (Lipinski definition) is 2. The van der Waals surface area contributed by atoms with Crippen LogP contribution in [0.3, 0.4) is 0 Å². The van der Waals surface area contributed by atoms with Crippen molar-refractivity contribution in [2.24, 2.45) is 28.7 Å². The summed E-state index contributed by atoms with van der Waals surface area (Å²) in [6.45, 7) is 4.31. The number of carbonyl (C=O) groups excluding carboxylic acids is 2. The predicted octanol–water partition coefficient (Wildman–Crippen LogP) is 3.23. The molecular formula is C25H32FIN4O2. The van der Waals surface area contributed by atoms with Crippen molar-refractivity contribution in [2.75, 3.05) is 26.2 Å². The third-order valence-corrected chi connectivity index (χ3v) is 7.60. The summed E-state index contributed by atoms with van der Waals surface area (Å²) < 4.78 is 14.3. The summed E-state index contributed by atoms with van der Waals surface area (Å²) in [6, 6.07) is 6.97. The molecule has 2 N–H and O–H groups in total. The molecule has 5 rings (SSSR count). The molecule has 1 aromatic rings. The lowest BCUT2D eigenvalue weighted by Gasteiger charge is -2.18. The Balaban J connectivity index is 0.00000259. The monoisotopic (exact) mass is 566 g/mol. The molecule has 1 aromatic carbocycles. The smallest absolute Gasteiger partial charge is 0.233 e. The minimum absolute atomic E-state index is 0. The summed E-state index contributed by atoms with van der Waals surface area (Å²) in [5.74, 6) is 0.799. The van der Waals surface area contributed by atoms with Gasteiger partial charge < -0.3 is 10.6 Å². The van der Waals surface area contributed by atoms with Gasteiger partial charge >= 0.3 is 0 Å². The van der Waals surface area contributed by atoms with E-state index in [9.17, 15) is 14.0 Å². The average molecular weight is 566 g/mol. The van der Waals surface area contributed by atoms with Crippen LogP contribution < -0.4 is 10.6 Å². The maximum absolute atomic E-state index is 14.3. The fourth-order valence-electron chi connectivity index (χ4n) is 5.76. The van der Waals surface area contributed by atoms with E-state index in [0.29, 0.717) is 32.0 Å². The molecular weight excluding hydrogens is 534 g/mol. The van der Waals surface area contributed by atoms with Gasteiger partial charge in [-0.1, -0.05) is 30.4 Å². The molecule has 6 nitrogen and oxygen atoms in total. The van der Waals surface area contributed by atoms with Gasteiger partial charge in [0.15, 0.2) is 5.96 Å². The number of fused-ring (bicyclic) bond motifs is 5. The SMILES string of the molecule is CCNC(=NCC1(c2ccccc2F)CC1)NCCCN1C(=O)C2C3C=CC(C3)C2C1=O.I. The molecule has 3 fully saturated rings. The highest BCUT2D eigenvalue weighted by molar-refractivity contribution is 14.0. The van der Waals surface area contributed by atoms with Gasteiger partial charge in [0.2, 0.25) is 11.8 Å². The molecule has 1 aliphatic heterocycles. The van der Waals surface area contributed by atoms with Crippen LogP contribution in [0.15, 0.2) is 41.4 Å². The summed E-state index contributed by atoms with van der Waals surface area (Å²) in [5.41, 5.74) is 0.549. The summed E-state index contributed by atoms with van der Waals surface area (Å²) in [7, 11) is 0. The van der Waals surface area contributed by atoms with Crippen LogP contribution in [0, 0.1) is 29.5 Å². The first-order chi connectivity index (χ1) is 15.5. The fraction of sp³-hybridized carbons (Fsp3) is 0.560. The van der Waals surface area contributed by atoms with Crippen LogP contribution in [0.25, 0.3) is 0 Å². The summed E-state index contributed by atoms with van der Waals surface area (Å²) in [6.07, 6.45) is 7.75. The van der Waals surface area contributed by atoms with Crippen molar-refractivity contribution >= 4 is 41.8 Å². The van der Waals surface area contributed by atoms with Crippen molar-refractivity contribution in [3.05, 3.63) is 47.8 Å². The quantitative estimate of drug-likeness (QED) is 0.127. The molecule has 0 aromatic heterocycles. The normalized spacial score (nSPS) is 28.7.